The van der Waals surface area contributed by atoms with Gasteiger partial charge in [-0.25, -0.2) is 8.42 Å². The number of carbonyl (C=O) groups is 1. The molecule has 2 aromatic rings. The Kier molecular flexibility index (Phi) is 7.32. The van der Waals surface area contributed by atoms with Crippen LogP contribution in [-0.2, 0) is 14.8 Å². The third kappa shape index (κ3) is 5.51. The average Bonchev–Trinajstić information content (AvgIpc) is 2.66. The Morgan fingerprint density at radius 2 is 1.93 bits per heavy atom. The van der Waals surface area contributed by atoms with Gasteiger partial charge in [0.25, 0.3) is 0 Å². The molecule has 0 aliphatic carbocycles. The molecule has 1 amide bonds. The summed E-state index contributed by atoms with van der Waals surface area (Å²) in [6, 6.07) is 11.1. The van der Waals surface area contributed by atoms with Gasteiger partial charge in [0.1, 0.15) is 4.90 Å². The first-order valence-corrected chi connectivity index (χ1v) is 10.2. The lowest BCUT2D eigenvalue weighted by Gasteiger charge is -2.25. The van der Waals surface area contributed by atoms with E-state index in [1.807, 2.05) is 12.1 Å². The number of pyridine rings is 1. The molecule has 2 rings (SSSR count). The molecule has 7 nitrogen and oxygen atoms in total. The molecule has 146 valence electrons. The molecular weight excluding hydrogens is 364 g/mol. The third-order valence-corrected chi connectivity index (χ3v) is 6.04. The van der Waals surface area contributed by atoms with Crippen LogP contribution in [-0.4, -0.2) is 56.8 Å². The van der Waals surface area contributed by atoms with Crippen LogP contribution in [0.3, 0.4) is 0 Å². The van der Waals surface area contributed by atoms with Crippen LogP contribution in [0.2, 0.25) is 0 Å². The van der Waals surface area contributed by atoms with Crippen LogP contribution in [0.4, 0.5) is 5.69 Å². The molecule has 0 bridgehead atoms. The first-order valence-electron chi connectivity index (χ1n) is 8.80. The predicted molar refractivity (Wildman–Crippen MR) is 106 cm³/mol. The Labute approximate surface area is 161 Å². The molecule has 0 radical (unpaired) electrons. The van der Waals surface area contributed by atoms with Crippen molar-refractivity contribution >= 4 is 21.6 Å². The number of para-hydroxylation sites is 1. The summed E-state index contributed by atoms with van der Waals surface area (Å²) in [6.07, 6.45) is 2.77. The largest absolute Gasteiger partial charge is 0.370 e. The van der Waals surface area contributed by atoms with E-state index in [2.05, 4.69) is 41.2 Å². The van der Waals surface area contributed by atoms with Crippen LogP contribution in [0, 0.1) is 6.92 Å². The highest BCUT2D eigenvalue weighted by Gasteiger charge is 2.22. The molecule has 0 spiro atoms. The summed E-state index contributed by atoms with van der Waals surface area (Å²) in [7, 11) is -2.35. The van der Waals surface area contributed by atoms with Crippen molar-refractivity contribution in [1.82, 2.24) is 14.6 Å². The fourth-order valence-electron chi connectivity index (χ4n) is 2.72. The first kappa shape index (κ1) is 20.9. The number of hydrogen-bond acceptors (Lipinski definition) is 5. The van der Waals surface area contributed by atoms with Crippen molar-refractivity contribution in [2.75, 3.05) is 38.1 Å². The van der Waals surface area contributed by atoms with Gasteiger partial charge >= 0.3 is 0 Å². The molecule has 0 aliphatic rings. The van der Waals surface area contributed by atoms with E-state index in [0.717, 1.165) is 16.5 Å². The number of nitrogens with zero attached hydrogens (tertiary/aromatic N) is 3. The van der Waals surface area contributed by atoms with Gasteiger partial charge in [-0.05, 0) is 37.6 Å². The molecule has 0 fully saturated rings. The molecule has 27 heavy (non-hydrogen) atoms. The highest BCUT2D eigenvalue weighted by atomic mass is 32.2. The van der Waals surface area contributed by atoms with Gasteiger partial charge in [0.15, 0.2) is 0 Å². The maximum Gasteiger partial charge on any atom is 0.244 e. The van der Waals surface area contributed by atoms with E-state index in [0.29, 0.717) is 13.1 Å². The number of carbonyl (C=O) groups excluding carboxylic acids is 1. The minimum atomic E-state index is -3.73. The lowest BCUT2D eigenvalue weighted by molar-refractivity contribution is -0.121. The van der Waals surface area contributed by atoms with Crippen LogP contribution < -0.4 is 10.2 Å². The molecule has 1 aromatic carbocycles. The number of aryl methyl sites for hydroxylation is 1. The number of benzene rings is 1. The molecule has 1 N–H and O–H groups in total. The number of sulfonamides is 1. The molecular formula is C19H26N4O3S. The van der Waals surface area contributed by atoms with E-state index >= 15 is 0 Å². The van der Waals surface area contributed by atoms with Crippen molar-refractivity contribution in [3.05, 3.63) is 54.4 Å². The summed E-state index contributed by atoms with van der Waals surface area (Å²) in [5, 5.41) is 2.79. The summed E-state index contributed by atoms with van der Waals surface area (Å²) in [5.74, 6) is -0.342. The molecule has 0 unspecified atom stereocenters. The predicted octanol–water partition coefficient (Wildman–Crippen LogP) is 1.65. The SMILES string of the molecule is CCN(CCNC(=O)CN(C)S(=O)(=O)c1cccnc1)c1ccccc1C. The first-order chi connectivity index (χ1) is 12.9. The lowest BCUT2D eigenvalue weighted by Crippen LogP contribution is -2.41. The number of aromatic nitrogens is 1. The maximum atomic E-state index is 12.4. The Bertz CT molecular complexity index is 856. The van der Waals surface area contributed by atoms with Gasteiger partial charge in [0.05, 0.1) is 6.54 Å². The van der Waals surface area contributed by atoms with Gasteiger partial charge < -0.3 is 10.2 Å². The Morgan fingerprint density at radius 1 is 1.19 bits per heavy atom. The van der Waals surface area contributed by atoms with E-state index in [1.54, 1.807) is 6.07 Å². The van der Waals surface area contributed by atoms with Crippen LogP contribution >= 0.6 is 0 Å². The fourth-order valence-corrected chi connectivity index (χ4v) is 3.81. The minimum Gasteiger partial charge on any atom is -0.370 e. The van der Waals surface area contributed by atoms with Gasteiger partial charge in [0, 0.05) is 44.8 Å². The normalized spacial score (nSPS) is 11.4. The van der Waals surface area contributed by atoms with Gasteiger partial charge in [-0.15, -0.1) is 0 Å². The van der Waals surface area contributed by atoms with E-state index in [1.165, 1.54) is 31.1 Å². The molecule has 1 heterocycles. The second-order valence-electron chi connectivity index (χ2n) is 6.17. The van der Waals surface area contributed by atoms with Gasteiger partial charge in [0.2, 0.25) is 15.9 Å². The second kappa shape index (κ2) is 9.48. The number of amides is 1. The zero-order valence-corrected chi connectivity index (χ0v) is 16.7. The zero-order valence-electron chi connectivity index (χ0n) is 15.9. The summed E-state index contributed by atoms with van der Waals surface area (Å²) in [4.78, 5) is 18.2. The smallest absolute Gasteiger partial charge is 0.244 e. The van der Waals surface area contributed by atoms with Crippen molar-refractivity contribution < 1.29 is 13.2 Å². The third-order valence-electron chi connectivity index (χ3n) is 4.25. The molecule has 0 aliphatic heterocycles. The molecule has 0 atom stereocenters. The Morgan fingerprint density at radius 3 is 2.56 bits per heavy atom. The molecule has 8 heteroatoms. The van der Waals surface area contributed by atoms with Crippen LogP contribution in [0.15, 0.2) is 53.7 Å². The number of anilines is 1. The van der Waals surface area contributed by atoms with E-state index in [-0.39, 0.29) is 17.3 Å². The number of likely N-dealkylation sites (N-methyl/N-ethyl adjacent to an activating group) is 2. The summed E-state index contributed by atoms with van der Waals surface area (Å²) in [6.45, 7) is 5.76. The number of nitrogens with one attached hydrogen (secondary N) is 1. The van der Waals surface area contributed by atoms with Crippen molar-refractivity contribution in [1.29, 1.82) is 0 Å². The van der Waals surface area contributed by atoms with E-state index in [4.69, 9.17) is 0 Å². The fraction of sp³-hybridized carbons (Fsp3) is 0.368. The van der Waals surface area contributed by atoms with Gasteiger partial charge in [-0.1, -0.05) is 18.2 Å². The number of hydrogen-bond donors (Lipinski definition) is 1. The number of rotatable bonds is 9. The Hall–Kier alpha value is -2.45. The molecule has 0 saturated carbocycles. The van der Waals surface area contributed by atoms with Crippen molar-refractivity contribution in [3.8, 4) is 0 Å². The maximum absolute atomic E-state index is 12.4. The Balaban J connectivity index is 1.88. The molecule has 1 aromatic heterocycles. The van der Waals surface area contributed by atoms with Crippen molar-refractivity contribution in [3.63, 3.8) is 0 Å². The van der Waals surface area contributed by atoms with Crippen LogP contribution in [0.5, 0.6) is 0 Å². The van der Waals surface area contributed by atoms with Gasteiger partial charge in [-0.2, -0.15) is 4.31 Å². The van der Waals surface area contributed by atoms with Crippen molar-refractivity contribution in [2.45, 2.75) is 18.7 Å². The lowest BCUT2D eigenvalue weighted by atomic mass is 10.2. The van der Waals surface area contributed by atoms with E-state index in [9.17, 15) is 13.2 Å². The van der Waals surface area contributed by atoms with Gasteiger partial charge in [-0.3, -0.25) is 9.78 Å². The summed E-state index contributed by atoms with van der Waals surface area (Å²) >= 11 is 0. The van der Waals surface area contributed by atoms with Crippen LogP contribution in [0.25, 0.3) is 0 Å². The summed E-state index contributed by atoms with van der Waals surface area (Å²) < 4.78 is 25.9. The monoisotopic (exact) mass is 390 g/mol. The average molecular weight is 391 g/mol. The second-order valence-corrected chi connectivity index (χ2v) is 8.21. The molecule has 0 saturated heterocycles. The highest BCUT2D eigenvalue weighted by molar-refractivity contribution is 7.89. The van der Waals surface area contributed by atoms with Crippen LogP contribution in [0.1, 0.15) is 12.5 Å². The van der Waals surface area contributed by atoms with Crippen molar-refractivity contribution in [2.24, 2.45) is 0 Å². The topological polar surface area (TPSA) is 82.6 Å². The van der Waals surface area contributed by atoms with E-state index < -0.39 is 10.0 Å². The standard InChI is InChI=1S/C19H26N4O3S/c1-4-23(18-10-6-5-8-16(18)2)13-12-21-19(24)15-22(3)27(25,26)17-9-7-11-20-14-17/h5-11,14H,4,12-13,15H2,1-3H3,(H,21,24). The minimum absolute atomic E-state index is 0.0667. The quantitative estimate of drug-likeness (QED) is 0.704. The highest BCUT2D eigenvalue weighted by Crippen LogP contribution is 2.18. The zero-order chi connectivity index (χ0) is 19.9. The summed E-state index contributed by atoms with van der Waals surface area (Å²) in [5.41, 5.74) is 2.30.